The van der Waals surface area contributed by atoms with Crippen LogP contribution in [0.5, 0.6) is 11.5 Å². The molecule has 0 amide bonds. The van der Waals surface area contributed by atoms with Gasteiger partial charge in [-0.05, 0) is 29.3 Å². The van der Waals surface area contributed by atoms with Crippen LogP contribution in [0.3, 0.4) is 0 Å². The molecule has 124 valence electrons. The molecular weight excluding hydrogens is 307 g/mol. The predicted octanol–water partition coefficient (Wildman–Crippen LogP) is 4.01. The molecule has 0 aromatic heterocycles. The van der Waals surface area contributed by atoms with Crippen molar-refractivity contribution in [2.75, 3.05) is 14.2 Å². The van der Waals surface area contributed by atoms with Crippen LogP contribution in [-0.4, -0.2) is 14.2 Å². The Morgan fingerprint density at radius 1 is 0.870 bits per heavy atom. The molecule has 2 aromatic rings. The Bertz CT molecular complexity index is 657. The lowest BCUT2D eigenvalue weighted by molar-refractivity contribution is -0.137. The second-order valence-electron chi connectivity index (χ2n) is 4.99. The summed E-state index contributed by atoms with van der Waals surface area (Å²) >= 11 is 0. The molecule has 0 radical (unpaired) electrons. The van der Waals surface area contributed by atoms with E-state index in [4.69, 9.17) is 9.47 Å². The van der Waals surface area contributed by atoms with E-state index < -0.39 is 11.7 Å². The van der Waals surface area contributed by atoms with Crippen molar-refractivity contribution in [3.8, 4) is 11.5 Å². The first kappa shape index (κ1) is 17.1. The summed E-state index contributed by atoms with van der Waals surface area (Å²) in [6, 6.07) is 10.8. The highest BCUT2D eigenvalue weighted by Gasteiger charge is 2.30. The van der Waals surface area contributed by atoms with E-state index in [2.05, 4.69) is 5.32 Å². The van der Waals surface area contributed by atoms with Crippen molar-refractivity contribution in [1.29, 1.82) is 0 Å². The fraction of sp³-hybridized carbons (Fsp3) is 0.294. The molecule has 1 N–H and O–H groups in total. The lowest BCUT2D eigenvalue weighted by Crippen LogP contribution is -2.14. The van der Waals surface area contributed by atoms with Crippen molar-refractivity contribution in [3.05, 3.63) is 59.2 Å². The standard InChI is InChI=1S/C17H18F3NO2/c1-22-15-7-6-13(9-16(15)23-2)11-21-10-12-4-3-5-14(8-12)17(18,19)20/h3-9,21H,10-11H2,1-2H3. The van der Waals surface area contributed by atoms with Crippen LogP contribution in [-0.2, 0) is 19.3 Å². The number of nitrogens with one attached hydrogen (secondary N) is 1. The first-order chi connectivity index (χ1) is 10.9. The fourth-order valence-corrected chi connectivity index (χ4v) is 2.20. The van der Waals surface area contributed by atoms with Crippen molar-refractivity contribution < 1.29 is 22.6 Å². The maximum atomic E-state index is 12.7. The van der Waals surface area contributed by atoms with Gasteiger partial charge in [0.05, 0.1) is 19.8 Å². The lowest BCUT2D eigenvalue weighted by Gasteiger charge is -2.11. The third-order valence-electron chi connectivity index (χ3n) is 3.36. The molecule has 0 heterocycles. The molecule has 0 fully saturated rings. The van der Waals surface area contributed by atoms with Gasteiger partial charge in [0.25, 0.3) is 0 Å². The van der Waals surface area contributed by atoms with E-state index in [0.717, 1.165) is 17.7 Å². The molecule has 0 aliphatic heterocycles. The fourth-order valence-electron chi connectivity index (χ4n) is 2.20. The number of benzene rings is 2. The number of hydrogen-bond acceptors (Lipinski definition) is 3. The van der Waals surface area contributed by atoms with Crippen LogP contribution >= 0.6 is 0 Å². The molecule has 0 saturated heterocycles. The Hall–Kier alpha value is -2.21. The van der Waals surface area contributed by atoms with E-state index >= 15 is 0 Å². The number of halogens is 3. The third kappa shape index (κ3) is 4.63. The van der Waals surface area contributed by atoms with E-state index in [1.165, 1.54) is 6.07 Å². The Morgan fingerprint density at radius 3 is 2.13 bits per heavy atom. The molecule has 0 aliphatic carbocycles. The molecule has 0 aliphatic rings. The summed E-state index contributed by atoms with van der Waals surface area (Å²) in [6.07, 6.45) is -4.32. The van der Waals surface area contributed by atoms with E-state index in [1.54, 1.807) is 26.4 Å². The van der Waals surface area contributed by atoms with E-state index in [0.29, 0.717) is 30.2 Å². The van der Waals surface area contributed by atoms with E-state index in [9.17, 15) is 13.2 Å². The summed E-state index contributed by atoms with van der Waals surface area (Å²) in [6.45, 7) is 0.856. The van der Waals surface area contributed by atoms with Crippen LogP contribution in [0.25, 0.3) is 0 Å². The molecule has 2 aromatic carbocycles. The Morgan fingerprint density at radius 2 is 1.52 bits per heavy atom. The summed E-state index contributed by atoms with van der Waals surface area (Å²) in [5.41, 5.74) is 0.901. The van der Waals surface area contributed by atoms with Gasteiger partial charge in [0, 0.05) is 13.1 Å². The monoisotopic (exact) mass is 325 g/mol. The Balaban J connectivity index is 1.97. The molecule has 0 saturated carbocycles. The number of alkyl halides is 3. The minimum atomic E-state index is -4.32. The van der Waals surface area contributed by atoms with Crippen molar-refractivity contribution in [3.63, 3.8) is 0 Å². The van der Waals surface area contributed by atoms with Gasteiger partial charge in [-0.15, -0.1) is 0 Å². The topological polar surface area (TPSA) is 30.5 Å². The second-order valence-corrected chi connectivity index (χ2v) is 4.99. The number of rotatable bonds is 6. The average Bonchev–Trinajstić information content (AvgIpc) is 2.54. The van der Waals surface area contributed by atoms with Gasteiger partial charge >= 0.3 is 6.18 Å². The smallest absolute Gasteiger partial charge is 0.416 e. The summed E-state index contributed by atoms with van der Waals surface area (Å²) in [5, 5.41) is 3.12. The van der Waals surface area contributed by atoms with Gasteiger partial charge in [-0.25, -0.2) is 0 Å². The molecule has 2 rings (SSSR count). The highest BCUT2D eigenvalue weighted by atomic mass is 19.4. The van der Waals surface area contributed by atoms with Crippen molar-refractivity contribution in [2.45, 2.75) is 19.3 Å². The van der Waals surface area contributed by atoms with Gasteiger partial charge in [0.15, 0.2) is 11.5 Å². The van der Waals surface area contributed by atoms with Crippen LogP contribution in [0.2, 0.25) is 0 Å². The van der Waals surface area contributed by atoms with Crippen LogP contribution in [0, 0.1) is 0 Å². The highest BCUT2D eigenvalue weighted by molar-refractivity contribution is 5.42. The zero-order valence-corrected chi connectivity index (χ0v) is 12.9. The Kier molecular flexibility index (Phi) is 5.50. The maximum Gasteiger partial charge on any atom is 0.416 e. The molecule has 0 spiro atoms. The minimum Gasteiger partial charge on any atom is -0.493 e. The Labute approximate surface area is 133 Å². The SMILES string of the molecule is COc1ccc(CNCc2cccc(C(F)(F)F)c2)cc1OC. The highest BCUT2D eigenvalue weighted by Crippen LogP contribution is 2.30. The zero-order chi connectivity index (χ0) is 16.9. The maximum absolute atomic E-state index is 12.7. The summed E-state index contributed by atoms with van der Waals surface area (Å²) in [7, 11) is 3.11. The number of methoxy groups -OCH3 is 2. The second kappa shape index (κ2) is 7.37. The first-order valence-corrected chi connectivity index (χ1v) is 7.02. The van der Waals surface area contributed by atoms with Crippen molar-refractivity contribution in [2.24, 2.45) is 0 Å². The molecule has 3 nitrogen and oxygen atoms in total. The van der Waals surface area contributed by atoms with Crippen molar-refractivity contribution >= 4 is 0 Å². The average molecular weight is 325 g/mol. The summed E-state index contributed by atoms with van der Waals surface area (Å²) in [4.78, 5) is 0. The molecule has 0 unspecified atom stereocenters. The summed E-state index contributed by atoms with van der Waals surface area (Å²) < 4.78 is 48.4. The minimum absolute atomic E-state index is 0.346. The normalized spacial score (nSPS) is 11.3. The number of hydrogen-bond donors (Lipinski definition) is 1. The van der Waals surface area contributed by atoms with E-state index in [-0.39, 0.29) is 0 Å². The first-order valence-electron chi connectivity index (χ1n) is 7.02. The predicted molar refractivity (Wildman–Crippen MR) is 81.5 cm³/mol. The van der Waals surface area contributed by atoms with Gasteiger partial charge in [-0.2, -0.15) is 13.2 Å². The zero-order valence-electron chi connectivity index (χ0n) is 12.9. The molecule has 23 heavy (non-hydrogen) atoms. The van der Waals surface area contributed by atoms with Gasteiger partial charge in [0.1, 0.15) is 0 Å². The van der Waals surface area contributed by atoms with Gasteiger partial charge in [-0.3, -0.25) is 0 Å². The molecular formula is C17H18F3NO2. The quantitative estimate of drug-likeness (QED) is 0.870. The molecule has 6 heteroatoms. The van der Waals surface area contributed by atoms with Gasteiger partial charge in [-0.1, -0.05) is 24.3 Å². The van der Waals surface area contributed by atoms with Crippen molar-refractivity contribution in [1.82, 2.24) is 5.32 Å². The summed E-state index contributed by atoms with van der Waals surface area (Å²) in [5.74, 6) is 1.25. The molecule has 0 bridgehead atoms. The molecule has 0 atom stereocenters. The van der Waals surface area contributed by atoms with Crippen LogP contribution < -0.4 is 14.8 Å². The van der Waals surface area contributed by atoms with E-state index in [1.807, 2.05) is 12.1 Å². The number of ether oxygens (including phenoxy) is 2. The lowest BCUT2D eigenvalue weighted by atomic mass is 10.1. The van der Waals surface area contributed by atoms with Gasteiger partial charge in [0.2, 0.25) is 0 Å². The van der Waals surface area contributed by atoms with Crippen LogP contribution in [0.1, 0.15) is 16.7 Å². The van der Waals surface area contributed by atoms with Crippen LogP contribution in [0.4, 0.5) is 13.2 Å². The van der Waals surface area contributed by atoms with Crippen LogP contribution in [0.15, 0.2) is 42.5 Å². The largest absolute Gasteiger partial charge is 0.493 e. The third-order valence-corrected chi connectivity index (χ3v) is 3.36. The van der Waals surface area contributed by atoms with Gasteiger partial charge < -0.3 is 14.8 Å².